The molecule has 3 nitrogen and oxygen atoms in total. The summed E-state index contributed by atoms with van der Waals surface area (Å²) in [6, 6.07) is 11.0. The molecule has 5 heteroatoms. The summed E-state index contributed by atoms with van der Waals surface area (Å²) in [5.41, 5.74) is 1.75. The Labute approximate surface area is 134 Å². The highest BCUT2D eigenvalue weighted by Gasteiger charge is 2.23. The average Bonchev–Trinajstić information content (AvgIpc) is 2.52. The molecule has 2 aromatic rings. The molecule has 0 aliphatic heterocycles. The fourth-order valence-corrected chi connectivity index (χ4v) is 2.78. The SMILES string of the molecule is CNC(c1cccc(Cl)c1Cl)c1c(OC)cccc1OC. The van der Waals surface area contributed by atoms with Crippen LogP contribution >= 0.6 is 23.2 Å². The van der Waals surface area contributed by atoms with Gasteiger partial charge in [0, 0.05) is 0 Å². The molecule has 1 unspecified atom stereocenters. The first-order valence-corrected chi connectivity index (χ1v) is 7.21. The Morgan fingerprint density at radius 3 is 2.05 bits per heavy atom. The Bertz CT molecular complexity index is 609. The minimum Gasteiger partial charge on any atom is -0.496 e. The number of nitrogens with one attached hydrogen (secondary N) is 1. The van der Waals surface area contributed by atoms with Gasteiger partial charge in [-0.05, 0) is 30.8 Å². The molecule has 112 valence electrons. The lowest BCUT2D eigenvalue weighted by Gasteiger charge is -2.23. The largest absolute Gasteiger partial charge is 0.496 e. The van der Waals surface area contributed by atoms with Crippen LogP contribution in [-0.2, 0) is 0 Å². The highest BCUT2D eigenvalue weighted by atomic mass is 35.5. The second-order valence-corrected chi connectivity index (χ2v) is 5.23. The van der Waals surface area contributed by atoms with Gasteiger partial charge < -0.3 is 14.8 Å². The number of ether oxygens (including phenoxy) is 2. The van der Waals surface area contributed by atoms with Gasteiger partial charge in [-0.1, -0.05) is 41.4 Å². The van der Waals surface area contributed by atoms with Gasteiger partial charge in [0.25, 0.3) is 0 Å². The minimum absolute atomic E-state index is 0.192. The van der Waals surface area contributed by atoms with Gasteiger partial charge in [-0.25, -0.2) is 0 Å². The van der Waals surface area contributed by atoms with Gasteiger partial charge in [-0.15, -0.1) is 0 Å². The monoisotopic (exact) mass is 325 g/mol. The van der Waals surface area contributed by atoms with E-state index in [1.54, 1.807) is 20.3 Å². The lowest BCUT2D eigenvalue weighted by Crippen LogP contribution is -2.19. The van der Waals surface area contributed by atoms with Crippen molar-refractivity contribution in [3.8, 4) is 11.5 Å². The van der Waals surface area contributed by atoms with E-state index in [1.807, 2.05) is 37.4 Å². The molecular weight excluding hydrogens is 309 g/mol. The molecule has 2 rings (SSSR count). The van der Waals surface area contributed by atoms with E-state index in [0.29, 0.717) is 10.0 Å². The quantitative estimate of drug-likeness (QED) is 0.888. The maximum atomic E-state index is 6.35. The van der Waals surface area contributed by atoms with Crippen LogP contribution in [0.15, 0.2) is 36.4 Å². The number of benzene rings is 2. The molecule has 0 spiro atoms. The van der Waals surface area contributed by atoms with Gasteiger partial charge in [-0.2, -0.15) is 0 Å². The van der Waals surface area contributed by atoms with Crippen LogP contribution in [0.25, 0.3) is 0 Å². The van der Waals surface area contributed by atoms with Crippen LogP contribution in [0.2, 0.25) is 10.0 Å². The van der Waals surface area contributed by atoms with Crippen molar-refractivity contribution in [2.45, 2.75) is 6.04 Å². The van der Waals surface area contributed by atoms with E-state index in [9.17, 15) is 0 Å². The maximum Gasteiger partial charge on any atom is 0.127 e. The summed E-state index contributed by atoms with van der Waals surface area (Å²) in [6.07, 6.45) is 0. The van der Waals surface area contributed by atoms with Gasteiger partial charge in [0.2, 0.25) is 0 Å². The summed E-state index contributed by atoms with van der Waals surface area (Å²) in [4.78, 5) is 0. The van der Waals surface area contributed by atoms with Gasteiger partial charge in [0.05, 0.1) is 35.9 Å². The van der Waals surface area contributed by atoms with Gasteiger partial charge >= 0.3 is 0 Å². The lowest BCUT2D eigenvalue weighted by molar-refractivity contribution is 0.379. The summed E-state index contributed by atoms with van der Waals surface area (Å²) in [7, 11) is 5.11. The second-order valence-electron chi connectivity index (χ2n) is 4.44. The molecule has 0 heterocycles. The van der Waals surface area contributed by atoms with Crippen molar-refractivity contribution in [2.75, 3.05) is 21.3 Å². The van der Waals surface area contributed by atoms with Crippen LogP contribution < -0.4 is 14.8 Å². The predicted molar refractivity (Wildman–Crippen MR) is 86.9 cm³/mol. The molecule has 0 bridgehead atoms. The first-order chi connectivity index (χ1) is 10.1. The average molecular weight is 326 g/mol. The zero-order chi connectivity index (χ0) is 15.4. The summed E-state index contributed by atoms with van der Waals surface area (Å²) in [5, 5.41) is 4.29. The van der Waals surface area contributed by atoms with Crippen molar-refractivity contribution in [3.63, 3.8) is 0 Å². The smallest absolute Gasteiger partial charge is 0.127 e. The van der Waals surface area contributed by atoms with Gasteiger partial charge in [0.15, 0.2) is 0 Å². The third-order valence-electron chi connectivity index (χ3n) is 3.34. The van der Waals surface area contributed by atoms with Gasteiger partial charge in [0.1, 0.15) is 11.5 Å². The number of halogens is 2. The van der Waals surface area contributed by atoms with Crippen molar-refractivity contribution in [2.24, 2.45) is 0 Å². The molecule has 0 saturated heterocycles. The van der Waals surface area contributed by atoms with E-state index >= 15 is 0 Å². The van der Waals surface area contributed by atoms with Crippen molar-refractivity contribution in [1.29, 1.82) is 0 Å². The fourth-order valence-electron chi connectivity index (χ4n) is 2.36. The van der Waals surface area contributed by atoms with Crippen LogP contribution in [0.1, 0.15) is 17.2 Å². The molecule has 2 aromatic carbocycles. The maximum absolute atomic E-state index is 6.35. The van der Waals surface area contributed by atoms with Crippen LogP contribution in [0.4, 0.5) is 0 Å². The van der Waals surface area contributed by atoms with Crippen LogP contribution in [-0.4, -0.2) is 21.3 Å². The predicted octanol–water partition coefficient (Wildman–Crippen LogP) is 4.32. The Kier molecular flexibility index (Phi) is 5.34. The first kappa shape index (κ1) is 16.0. The van der Waals surface area contributed by atoms with E-state index in [-0.39, 0.29) is 6.04 Å². The van der Waals surface area contributed by atoms with Crippen molar-refractivity contribution < 1.29 is 9.47 Å². The van der Waals surface area contributed by atoms with Crippen molar-refractivity contribution in [3.05, 3.63) is 57.6 Å². The Hall–Kier alpha value is -1.42. The first-order valence-electron chi connectivity index (χ1n) is 6.46. The van der Waals surface area contributed by atoms with Crippen molar-refractivity contribution >= 4 is 23.2 Å². The molecule has 0 amide bonds. The number of hydrogen-bond acceptors (Lipinski definition) is 3. The topological polar surface area (TPSA) is 30.5 Å². The number of rotatable bonds is 5. The van der Waals surface area contributed by atoms with E-state index < -0.39 is 0 Å². The highest BCUT2D eigenvalue weighted by molar-refractivity contribution is 6.42. The highest BCUT2D eigenvalue weighted by Crippen LogP contribution is 2.40. The molecule has 1 atom stereocenters. The standard InChI is InChI=1S/C16H17Cl2NO2/c1-19-16(10-6-4-7-11(17)15(10)18)14-12(20-2)8-5-9-13(14)21-3/h4-9,16,19H,1-3H3. The Morgan fingerprint density at radius 1 is 0.952 bits per heavy atom. The molecule has 0 aromatic heterocycles. The minimum atomic E-state index is -0.192. The summed E-state index contributed by atoms with van der Waals surface area (Å²) in [6.45, 7) is 0. The molecule has 1 N–H and O–H groups in total. The summed E-state index contributed by atoms with van der Waals surface area (Å²) >= 11 is 12.5. The normalized spacial score (nSPS) is 12.0. The second kappa shape index (κ2) is 7.03. The van der Waals surface area contributed by atoms with Crippen molar-refractivity contribution in [1.82, 2.24) is 5.32 Å². The zero-order valence-corrected chi connectivity index (χ0v) is 13.6. The fraction of sp³-hybridized carbons (Fsp3) is 0.250. The third kappa shape index (κ3) is 3.10. The third-order valence-corrected chi connectivity index (χ3v) is 4.17. The van der Waals surface area contributed by atoms with E-state index in [0.717, 1.165) is 22.6 Å². The van der Waals surface area contributed by atoms with Crippen LogP contribution in [0.5, 0.6) is 11.5 Å². The molecule has 0 fully saturated rings. The number of hydrogen-bond donors (Lipinski definition) is 1. The molecule has 0 radical (unpaired) electrons. The number of methoxy groups -OCH3 is 2. The molecule has 0 aliphatic rings. The van der Waals surface area contributed by atoms with E-state index in [2.05, 4.69) is 5.32 Å². The molecule has 0 saturated carbocycles. The van der Waals surface area contributed by atoms with Crippen LogP contribution in [0, 0.1) is 0 Å². The Balaban J connectivity index is 2.64. The zero-order valence-electron chi connectivity index (χ0n) is 12.1. The van der Waals surface area contributed by atoms with E-state index in [4.69, 9.17) is 32.7 Å². The van der Waals surface area contributed by atoms with E-state index in [1.165, 1.54) is 0 Å². The summed E-state index contributed by atoms with van der Waals surface area (Å²) < 4.78 is 10.9. The molecule has 21 heavy (non-hydrogen) atoms. The van der Waals surface area contributed by atoms with Crippen LogP contribution in [0.3, 0.4) is 0 Å². The van der Waals surface area contributed by atoms with Gasteiger partial charge in [-0.3, -0.25) is 0 Å². The lowest BCUT2D eigenvalue weighted by atomic mass is 9.97. The Morgan fingerprint density at radius 2 is 1.52 bits per heavy atom. The molecular formula is C16H17Cl2NO2. The summed E-state index contributed by atoms with van der Waals surface area (Å²) in [5.74, 6) is 1.45. The molecule has 0 aliphatic carbocycles.